The van der Waals surface area contributed by atoms with Crippen LogP contribution in [0.3, 0.4) is 0 Å². The maximum atomic E-state index is 13.3. The third-order valence-corrected chi connectivity index (χ3v) is 6.65. The average Bonchev–Trinajstić information content (AvgIpc) is 3.05. The molecule has 142 valence electrons. The van der Waals surface area contributed by atoms with Crippen molar-refractivity contribution >= 4 is 33.3 Å². The molecule has 9 heteroatoms. The predicted molar refractivity (Wildman–Crippen MR) is 103 cm³/mol. The molecule has 2 aliphatic heterocycles. The number of carbonyl (C=O) groups is 1. The van der Waals surface area contributed by atoms with Gasteiger partial charge in [0.2, 0.25) is 10.0 Å². The summed E-state index contributed by atoms with van der Waals surface area (Å²) in [5, 5.41) is 5.97. The zero-order valence-electron chi connectivity index (χ0n) is 14.9. The molecule has 27 heavy (non-hydrogen) atoms. The summed E-state index contributed by atoms with van der Waals surface area (Å²) in [7, 11) is -3.72. The van der Waals surface area contributed by atoms with Crippen LogP contribution in [0.1, 0.15) is 23.5 Å². The lowest BCUT2D eigenvalue weighted by molar-refractivity contribution is -0.110. The number of sulfonamides is 1. The zero-order chi connectivity index (χ0) is 19.0. The highest BCUT2D eigenvalue weighted by molar-refractivity contribution is 7.89. The topological polar surface area (TPSA) is 107 Å². The number of imidazole rings is 1. The second-order valence-electron chi connectivity index (χ2n) is 6.65. The fourth-order valence-corrected chi connectivity index (χ4v) is 5.12. The Labute approximate surface area is 157 Å². The van der Waals surface area contributed by atoms with Crippen LogP contribution in [0.2, 0.25) is 0 Å². The molecule has 8 nitrogen and oxygen atoms in total. The number of rotatable bonds is 3. The molecule has 0 saturated carbocycles. The molecule has 0 aliphatic carbocycles. The van der Waals surface area contributed by atoms with Crippen molar-refractivity contribution in [1.29, 1.82) is 0 Å². The number of H-pyrrole nitrogens is 1. The van der Waals surface area contributed by atoms with Gasteiger partial charge in [0.1, 0.15) is 5.82 Å². The van der Waals surface area contributed by atoms with E-state index in [0.29, 0.717) is 42.3 Å². The van der Waals surface area contributed by atoms with Crippen LogP contribution in [0.4, 0.5) is 5.69 Å². The SMILES string of the molecule is Cc1cnc(C=C2C(=O)Nc3cccc(S(=O)(=O)N4CCCNCC4)c32)[nH]1. The summed E-state index contributed by atoms with van der Waals surface area (Å²) in [4.78, 5) is 19.9. The number of aromatic nitrogens is 2. The Morgan fingerprint density at radius 3 is 2.85 bits per heavy atom. The second-order valence-corrected chi connectivity index (χ2v) is 8.56. The van der Waals surface area contributed by atoms with Crippen molar-refractivity contribution in [3.8, 4) is 0 Å². The number of amides is 1. The van der Waals surface area contributed by atoms with Gasteiger partial charge in [0.05, 0.1) is 16.2 Å². The van der Waals surface area contributed by atoms with Gasteiger partial charge >= 0.3 is 0 Å². The van der Waals surface area contributed by atoms with Gasteiger partial charge in [0, 0.05) is 37.1 Å². The van der Waals surface area contributed by atoms with Gasteiger partial charge in [-0.3, -0.25) is 4.79 Å². The van der Waals surface area contributed by atoms with Crippen LogP contribution in [0.25, 0.3) is 11.6 Å². The molecule has 1 amide bonds. The van der Waals surface area contributed by atoms with Gasteiger partial charge in [-0.1, -0.05) is 6.07 Å². The summed E-state index contributed by atoms with van der Waals surface area (Å²) < 4.78 is 28.1. The molecule has 1 aromatic carbocycles. The van der Waals surface area contributed by atoms with Gasteiger partial charge in [0.15, 0.2) is 0 Å². The number of hydrogen-bond acceptors (Lipinski definition) is 5. The van der Waals surface area contributed by atoms with Crippen LogP contribution >= 0.6 is 0 Å². The van der Waals surface area contributed by atoms with Gasteiger partial charge < -0.3 is 15.6 Å². The first-order chi connectivity index (χ1) is 13.0. The van der Waals surface area contributed by atoms with Gasteiger partial charge in [-0.25, -0.2) is 13.4 Å². The summed E-state index contributed by atoms with van der Waals surface area (Å²) in [6.45, 7) is 4.13. The molecular weight excluding hydrogens is 366 g/mol. The molecule has 3 heterocycles. The van der Waals surface area contributed by atoms with Crippen molar-refractivity contribution in [2.45, 2.75) is 18.2 Å². The van der Waals surface area contributed by atoms with E-state index in [9.17, 15) is 13.2 Å². The number of aryl methyl sites for hydroxylation is 1. The molecule has 1 aromatic heterocycles. The molecule has 1 saturated heterocycles. The minimum absolute atomic E-state index is 0.148. The second kappa shape index (κ2) is 6.91. The molecular formula is C18H21N5O3S. The molecule has 0 atom stereocenters. The molecule has 4 rings (SSSR count). The maximum absolute atomic E-state index is 13.3. The smallest absolute Gasteiger partial charge is 0.256 e. The van der Waals surface area contributed by atoms with Gasteiger partial charge in [0.25, 0.3) is 5.91 Å². The number of nitrogens with zero attached hydrogens (tertiary/aromatic N) is 2. The first-order valence-electron chi connectivity index (χ1n) is 8.86. The van der Waals surface area contributed by atoms with Crippen molar-refractivity contribution in [3.63, 3.8) is 0 Å². The van der Waals surface area contributed by atoms with Crippen LogP contribution in [-0.2, 0) is 14.8 Å². The average molecular weight is 387 g/mol. The lowest BCUT2D eigenvalue weighted by atomic mass is 10.1. The number of carbonyl (C=O) groups excluding carboxylic acids is 1. The Morgan fingerprint density at radius 1 is 1.22 bits per heavy atom. The summed E-state index contributed by atoms with van der Waals surface area (Å²) in [5.74, 6) is 0.177. The number of aromatic amines is 1. The number of benzene rings is 1. The highest BCUT2D eigenvalue weighted by atomic mass is 32.2. The van der Waals surface area contributed by atoms with E-state index in [0.717, 1.165) is 18.7 Å². The van der Waals surface area contributed by atoms with Crippen LogP contribution in [0, 0.1) is 6.92 Å². The first-order valence-corrected chi connectivity index (χ1v) is 10.3. The monoisotopic (exact) mass is 387 g/mol. The highest BCUT2D eigenvalue weighted by Gasteiger charge is 2.34. The Balaban J connectivity index is 1.82. The molecule has 0 radical (unpaired) electrons. The van der Waals surface area contributed by atoms with Gasteiger partial charge in [-0.05, 0) is 38.1 Å². The van der Waals surface area contributed by atoms with E-state index in [1.807, 2.05) is 6.92 Å². The van der Waals surface area contributed by atoms with Crippen LogP contribution in [0.15, 0.2) is 29.3 Å². The zero-order valence-corrected chi connectivity index (χ0v) is 15.8. The van der Waals surface area contributed by atoms with Crippen LogP contribution in [-0.4, -0.2) is 54.8 Å². The number of nitrogens with one attached hydrogen (secondary N) is 3. The van der Waals surface area contributed by atoms with Crippen molar-refractivity contribution in [3.05, 3.63) is 41.5 Å². The summed E-state index contributed by atoms with van der Waals surface area (Å²) in [6, 6.07) is 4.93. The fraction of sp³-hybridized carbons (Fsp3) is 0.333. The molecule has 0 spiro atoms. The van der Waals surface area contributed by atoms with Crippen molar-refractivity contribution in [1.82, 2.24) is 19.6 Å². The Hall–Kier alpha value is -2.49. The standard InChI is InChI=1S/C18H21N5O3S/c1-12-11-20-16(21-12)10-13-17-14(22-18(13)24)4-2-5-15(17)27(25,26)23-8-3-6-19-7-9-23/h2,4-5,10-11,19H,3,6-9H2,1H3,(H,20,21)(H,22,24). The Kier molecular flexibility index (Phi) is 4.58. The van der Waals surface area contributed by atoms with Crippen molar-refractivity contribution in [2.75, 3.05) is 31.5 Å². The highest BCUT2D eigenvalue weighted by Crippen LogP contribution is 2.38. The largest absolute Gasteiger partial charge is 0.343 e. The quantitative estimate of drug-likeness (QED) is 0.686. The normalized spacial score (nSPS) is 19.7. The van der Waals surface area contributed by atoms with E-state index in [2.05, 4.69) is 20.6 Å². The summed E-state index contributed by atoms with van der Waals surface area (Å²) >= 11 is 0. The van der Waals surface area contributed by atoms with Crippen LogP contribution in [0.5, 0.6) is 0 Å². The minimum Gasteiger partial charge on any atom is -0.343 e. The molecule has 2 aliphatic rings. The molecule has 0 bridgehead atoms. The van der Waals surface area contributed by atoms with E-state index < -0.39 is 10.0 Å². The maximum Gasteiger partial charge on any atom is 0.256 e. The number of hydrogen-bond donors (Lipinski definition) is 3. The third kappa shape index (κ3) is 3.29. The first kappa shape index (κ1) is 17.9. The summed E-state index contributed by atoms with van der Waals surface area (Å²) in [5.41, 5.74) is 2.07. The third-order valence-electron chi connectivity index (χ3n) is 4.71. The molecule has 3 N–H and O–H groups in total. The van der Waals surface area contributed by atoms with Gasteiger partial charge in [-0.15, -0.1) is 0 Å². The minimum atomic E-state index is -3.72. The molecule has 1 fully saturated rings. The van der Waals surface area contributed by atoms with Crippen LogP contribution < -0.4 is 10.6 Å². The predicted octanol–water partition coefficient (Wildman–Crippen LogP) is 1.19. The van der Waals surface area contributed by atoms with E-state index in [1.54, 1.807) is 30.5 Å². The molecule has 2 aromatic rings. The number of fused-ring (bicyclic) bond motifs is 1. The lowest BCUT2D eigenvalue weighted by Crippen LogP contribution is -2.34. The van der Waals surface area contributed by atoms with Crippen molar-refractivity contribution < 1.29 is 13.2 Å². The van der Waals surface area contributed by atoms with E-state index in [4.69, 9.17) is 0 Å². The van der Waals surface area contributed by atoms with E-state index in [-0.39, 0.29) is 10.8 Å². The molecule has 0 unspecified atom stereocenters. The van der Waals surface area contributed by atoms with Crippen molar-refractivity contribution in [2.24, 2.45) is 0 Å². The lowest BCUT2D eigenvalue weighted by Gasteiger charge is -2.21. The van der Waals surface area contributed by atoms with Gasteiger partial charge in [-0.2, -0.15) is 4.31 Å². The summed E-state index contributed by atoms with van der Waals surface area (Å²) in [6.07, 6.45) is 4.00. The fourth-order valence-electron chi connectivity index (χ4n) is 3.41. The Morgan fingerprint density at radius 2 is 2.07 bits per heavy atom. The van der Waals surface area contributed by atoms with E-state index >= 15 is 0 Å². The Bertz CT molecular complexity index is 1020. The van der Waals surface area contributed by atoms with E-state index in [1.165, 1.54) is 4.31 Å². The number of anilines is 1.